The van der Waals surface area contributed by atoms with Crippen molar-refractivity contribution in [3.8, 4) is 17.6 Å². The first kappa shape index (κ1) is 13.3. The molecule has 1 aromatic heterocycles. The van der Waals surface area contributed by atoms with Crippen LogP contribution in [-0.4, -0.2) is 18.8 Å². The minimum Gasteiger partial charge on any atom is -0.496 e. The van der Waals surface area contributed by atoms with E-state index in [2.05, 4.69) is 17.6 Å². The van der Waals surface area contributed by atoms with E-state index >= 15 is 0 Å². The molecule has 1 aromatic carbocycles. The Morgan fingerprint density at radius 2 is 1.84 bits per heavy atom. The molecule has 0 saturated carbocycles. The van der Waals surface area contributed by atoms with Gasteiger partial charge in [-0.25, -0.2) is 0 Å². The Kier molecular flexibility index (Phi) is 3.66. The number of nitriles is 1. The number of aryl methyl sites for hydroxylation is 2. The zero-order valence-electron chi connectivity index (χ0n) is 11.8. The first-order valence-electron chi connectivity index (χ1n) is 6.21. The predicted octanol–water partition coefficient (Wildman–Crippen LogP) is 2.96. The van der Waals surface area contributed by atoms with Gasteiger partial charge in [-0.15, -0.1) is 0 Å². The van der Waals surface area contributed by atoms with E-state index < -0.39 is 0 Å². The van der Waals surface area contributed by atoms with E-state index in [0.29, 0.717) is 6.42 Å². The number of ether oxygens (including phenoxy) is 2. The van der Waals surface area contributed by atoms with E-state index in [1.54, 1.807) is 14.2 Å². The lowest BCUT2D eigenvalue weighted by atomic mass is 10.1. The molecule has 1 heterocycles. The van der Waals surface area contributed by atoms with Gasteiger partial charge in [0.15, 0.2) is 0 Å². The highest BCUT2D eigenvalue weighted by Gasteiger charge is 2.19. The lowest BCUT2D eigenvalue weighted by Gasteiger charge is -2.08. The molecular weight excluding hydrogens is 240 g/mol. The number of aromatic nitrogens is 1. The Hall–Kier alpha value is -2.15. The number of methoxy groups -OCH3 is 2. The molecule has 0 aliphatic heterocycles. The molecule has 2 rings (SSSR count). The summed E-state index contributed by atoms with van der Waals surface area (Å²) in [4.78, 5) is 0. The van der Waals surface area contributed by atoms with Crippen LogP contribution in [0.2, 0.25) is 0 Å². The SMILES string of the molecule is COc1ccc(OC)c2c1c(CCC#N)c(C)n2C. The molecule has 19 heavy (non-hydrogen) atoms. The van der Waals surface area contributed by atoms with E-state index in [-0.39, 0.29) is 0 Å². The number of rotatable bonds is 4. The summed E-state index contributed by atoms with van der Waals surface area (Å²) in [6.07, 6.45) is 1.23. The second kappa shape index (κ2) is 5.23. The standard InChI is InChI=1S/C15H18N2O2/c1-10-11(6-5-9-16)14-12(18-3)7-8-13(19-4)15(14)17(10)2/h7-8H,5-6H2,1-4H3. The van der Waals surface area contributed by atoms with Gasteiger partial charge in [-0.3, -0.25) is 0 Å². The molecule has 4 nitrogen and oxygen atoms in total. The van der Waals surface area contributed by atoms with Gasteiger partial charge in [-0.05, 0) is 31.0 Å². The highest BCUT2D eigenvalue weighted by molar-refractivity contribution is 5.95. The van der Waals surface area contributed by atoms with Crippen molar-refractivity contribution in [1.29, 1.82) is 5.26 Å². The molecule has 0 aliphatic rings. The third kappa shape index (κ3) is 2.01. The van der Waals surface area contributed by atoms with Gasteiger partial charge in [-0.1, -0.05) is 0 Å². The van der Waals surface area contributed by atoms with Crippen LogP contribution in [0.5, 0.6) is 11.5 Å². The van der Waals surface area contributed by atoms with Crippen LogP contribution < -0.4 is 9.47 Å². The van der Waals surface area contributed by atoms with Crippen molar-refractivity contribution in [2.75, 3.05) is 14.2 Å². The Morgan fingerprint density at radius 1 is 1.21 bits per heavy atom. The second-order valence-corrected chi connectivity index (χ2v) is 4.47. The number of hydrogen-bond donors (Lipinski definition) is 0. The van der Waals surface area contributed by atoms with E-state index in [1.165, 1.54) is 0 Å². The average Bonchev–Trinajstić information content (AvgIpc) is 2.69. The number of nitrogens with zero attached hydrogens (tertiary/aromatic N) is 2. The van der Waals surface area contributed by atoms with E-state index in [0.717, 1.165) is 40.1 Å². The summed E-state index contributed by atoms with van der Waals surface area (Å²) in [6, 6.07) is 6.03. The lowest BCUT2D eigenvalue weighted by Crippen LogP contribution is -1.94. The molecule has 0 atom stereocenters. The molecule has 0 fully saturated rings. The molecule has 4 heteroatoms. The highest BCUT2D eigenvalue weighted by Crippen LogP contribution is 2.38. The Labute approximate surface area is 113 Å². The van der Waals surface area contributed by atoms with E-state index in [9.17, 15) is 0 Å². The number of hydrogen-bond acceptors (Lipinski definition) is 3. The van der Waals surface area contributed by atoms with Crippen molar-refractivity contribution in [1.82, 2.24) is 4.57 Å². The van der Waals surface area contributed by atoms with Gasteiger partial charge in [0, 0.05) is 24.5 Å². The van der Waals surface area contributed by atoms with E-state index in [1.807, 2.05) is 19.2 Å². The maximum atomic E-state index is 8.81. The van der Waals surface area contributed by atoms with Crippen LogP contribution >= 0.6 is 0 Å². The fourth-order valence-corrected chi connectivity index (χ4v) is 2.55. The van der Waals surface area contributed by atoms with Crippen molar-refractivity contribution in [3.05, 3.63) is 23.4 Å². The molecule has 0 unspecified atom stereocenters. The van der Waals surface area contributed by atoms with Crippen molar-refractivity contribution in [2.45, 2.75) is 19.8 Å². The van der Waals surface area contributed by atoms with Crippen LogP contribution in [0.15, 0.2) is 12.1 Å². The van der Waals surface area contributed by atoms with Crippen LogP contribution in [0.25, 0.3) is 10.9 Å². The molecule has 0 bridgehead atoms. The molecule has 0 aliphatic carbocycles. The summed E-state index contributed by atoms with van der Waals surface area (Å²) in [7, 11) is 5.34. The average molecular weight is 258 g/mol. The molecule has 0 N–H and O–H groups in total. The molecule has 2 aromatic rings. The maximum absolute atomic E-state index is 8.81. The minimum absolute atomic E-state index is 0.500. The van der Waals surface area contributed by atoms with Crippen LogP contribution in [0, 0.1) is 18.3 Å². The zero-order valence-corrected chi connectivity index (χ0v) is 11.8. The van der Waals surface area contributed by atoms with Gasteiger partial charge in [0.1, 0.15) is 11.5 Å². The normalized spacial score (nSPS) is 10.5. The number of benzene rings is 1. The van der Waals surface area contributed by atoms with Crippen molar-refractivity contribution in [2.24, 2.45) is 7.05 Å². The monoisotopic (exact) mass is 258 g/mol. The molecule has 0 radical (unpaired) electrons. The third-order valence-corrected chi connectivity index (χ3v) is 3.61. The minimum atomic E-state index is 0.500. The Bertz CT molecular complexity index is 650. The Morgan fingerprint density at radius 3 is 2.42 bits per heavy atom. The van der Waals surface area contributed by atoms with Crippen molar-refractivity contribution < 1.29 is 9.47 Å². The fourth-order valence-electron chi connectivity index (χ4n) is 2.55. The molecule has 0 amide bonds. The summed E-state index contributed by atoms with van der Waals surface area (Å²) in [5.74, 6) is 1.65. The lowest BCUT2D eigenvalue weighted by molar-refractivity contribution is 0.409. The van der Waals surface area contributed by atoms with Crippen LogP contribution in [0.3, 0.4) is 0 Å². The summed E-state index contributed by atoms with van der Waals surface area (Å²) in [5.41, 5.74) is 3.33. The van der Waals surface area contributed by atoms with Crippen molar-refractivity contribution >= 4 is 10.9 Å². The second-order valence-electron chi connectivity index (χ2n) is 4.47. The van der Waals surface area contributed by atoms with Gasteiger partial charge in [0.25, 0.3) is 0 Å². The third-order valence-electron chi connectivity index (χ3n) is 3.61. The van der Waals surface area contributed by atoms with Crippen LogP contribution in [0.4, 0.5) is 0 Å². The summed E-state index contributed by atoms with van der Waals surface area (Å²) < 4.78 is 13.0. The molecule has 0 spiro atoms. The highest BCUT2D eigenvalue weighted by atomic mass is 16.5. The Balaban J connectivity index is 2.81. The summed E-state index contributed by atoms with van der Waals surface area (Å²) in [6.45, 7) is 2.06. The first-order valence-corrected chi connectivity index (χ1v) is 6.21. The van der Waals surface area contributed by atoms with Gasteiger partial charge in [0.05, 0.1) is 25.8 Å². The van der Waals surface area contributed by atoms with Gasteiger partial charge >= 0.3 is 0 Å². The molecular formula is C15H18N2O2. The zero-order chi connectivity index (χ0) is 14.0. The topological polar surface area (TPSA) is 47.2 Å². The largest absolute Gasteiger partial charge is 0.496 e. The summed E-state index contributed by atoms with van der Waals surface area (Å²) >= 11 is 0. The van der Waals surface area contributed by atoms with Gasteiger partial charge in [-0.2, -0.15) is 5.26 Å². The summed E-state index contributed by atoms with van der Waals surface area (Å²) in [5, 5.41) is 9.86. The van der Waals surface area contributed by atoms with Crippen LogP contribution in [-0.2, 0) is 13.5 Å². The van der Waals surface area contributed by atoms with Crippen molar-refractivity contribution in [3.63, 3.8) is 0 Å². The predicted molar refractivity (Wildman–Crippen MR) is 74.7 cm³/mol. The molecule has 100 valence electrons. The fraction of sp³-hybridized carbons (Fsp3) is 0.400. The van der Waals surface area contributed by atoms with Crippen LogP contribution in [0.1, 0.15) is 17.7 Å². The van der Waals surface area contributed by atoms with Gasteiger partial charge in [0.2, 0.25) is 0 Å². The number of fused-ring (bicyclic) bond motifs is 1. The molecule has 0 saturated heterocycles. The van der Waals surface area contributed by atoms with E-state index in [4.69, 9.17) is 14.7 Å². The first-order chi connectivity index (χ1) is 9.15. The smallest absolute Gasteiger partial charge is 0.143 e. The maximum Gasteiger partial charge on any atom is 0.143 e. The quantitative estimate of drug-likeness (QED) is 0.847. The van der Waals surface area contributed by atoms with Gasteiger partial charge < -0.3 is 14.0 Å².